The number of anilines is 2. The number of alkyl halides is 1. The van der Waals surface area contributed by atoms with Gasteiger partial charge >= 0.3 is 6.01 Å². The van der Waals surface area contributed by atoms with Gasteiger partial charge < -0.3 is 24.7 Å². The van der Waals surface area contributed by atoms with Gasteiger partial charge in [-0.2, -0.15) is 4.98 Å². The van der Waals surface area contributed by atoms with Crippen molar-refractivity contribution in [3.8, 4) is 6.01 Å². The zero-order chi connectivity index (χ0) is 25.3. The fourth-order valence-electron chi connectivity index (χ4n) is 3.73. The van der Waals surface area contributed by atoms with E-state index >= 15 is 0 Å². The van der Waals surface area contributed by atoms with Crippen LogP contribution in [0.3, 0.4) is 0 Å². The molecule has 1 fully saturated rings. The van der Waals surface area contributed by atoms with Gasteiger partial charge in [-0.1, -0.05) is 19.8 Å². The number of carbonyl (C=O) groups excluding carboxylic acids is 2. The maximum Gasteiger partial charge on any atom is 0.316 e. The van der Waals surface area contributed by atoms with Crippen molar-refractivity contribution in [3.63, 3.8) is 0 Å². The average molecular weight is 498 g/mol. The molecule has 0 saturated carbocycles. The van der Waals surface area contributed by atoms with Crippen molar-refractivity contribution in [2.24, 2.45) is 0 Å². The van der Waals surface area contributed by atoms with Crippen molar-refractivity contribution < 1.29 is 23.1 Å². The first-order valence-electron chi connectivity index (χ1n) is 11.9. The molecule has 0 unspecified atom stereocenters. The van der Waals surface area contributed by atoms with Crippen molar-refractivity contribution in [1.82, 2.24) is 25.3 Å². The highest BCUT2D eigenvalue weighted by Gasteiger charge is 2.33. The number of nitrogens with zero attached hydrogens (tertiary/aromatic N) is 5. The lowest BCUT2D eigenvalue weighted by Crippen LogP contribution is -2.47. The van der Waals surface area contributed by atoms with Gasteiger partial charge in [-0.3, -0.25) is 14.6 Å². The van der Waals surface area contributed by atoms with Gasteiger partial charge in [0.05, 0.1) is 17.8 Å². The van der Waals surface area contributed by atoms with Gasteiger partial charge in [0.15, 0.2) is 11.9 Å². The highest BCUT2D eigenvalue weighted by atomic mass is 19.1. The van der Waals surface area contributed by atoms with E-state index in [9.17, 15) is 14.0 Å². The Balaban J connectivity index is 1.35. The number of aromatic nitrogens is 4. The number of oxazole rings is 1. The van der Waals surface area contributed by atoms with E-state index in [2.05, 4.69) is 37.5 Å². The van der Waals surface area contributed by atoms with Crippen LogP contribution in [0, 0.1) is 0 Å². The van der Waals surface area contributed by atoms with E-state index in [1.807, 2.05) is 0 Å². The molecule has 1 aliphatic rings. The van der Waals surface area contributed by atoms with Crippen molar-refractivity contribution in [3.05, 3.63) is 54.4 Å². The lowest BCUT2D eigenvalue weighted by atomic mass is 10.1. The molecule has 0 aliphatic carbocycles. The third-order valence-electron chi connectivity index (χ3n) is 5.66. The van der Waals surface area contributed by atoms with Gasteiger partial charge in [-0.25, -0.2) is 14.4 Å². The van der Waals surface area contributed by atoms with Crippen LogP contribution in [0.4, 0.5) is 16.1 Å². The Hall–Kier alpha value is -4.09. The first kappa shape index (κ1) is 25.0. The van der Waals surface area contributed by atoms with Gasteiger partial charge in [-0.05, 0) is 18.6 Å². The summed E-state index contributed by atoms with van der Waals surface area (Å²) in [5.74, 6) is -0.886. The van der Waals surface area contributed by atoms with Crippen molar-refractivity contribution in [2.75, 3.05) is 29.9 Å². The summed E-state index contributed by atoms with van der Waals surface area (Å²) in [6, 6.07) is 3.44. The second kappa shape index (κ2) is 12.0. The molecule has 2 amide bonds. The summed E-state index contributed by atoms with van der Waals surface area (Å²) < 4.78 is 25.8. The van der Waals surface area contributed by atoms with Gasteiger partial charge in [0.2, 0.25) is 0 Å². The predicted octanol–water partition coefficient (Wildman–Crippen LogP) is 3.03. The normalized spacial score (nSPS) is 17.4. The highest BCUT2D eigenvalue weighted by Crippen LogP contribution is 2.24. The molecule has 190 valence electrons. The molecule has 11 nitrogen and oxygen atoms in total. The van der Waals surface area contributed by atoms with Crippen LogP contribution < -0.4 is 20.3 Å². The summed E-state index contributed by atoms with van der Waals surface area (Å²) in [4.78, 5) is 43.1. The summed E-state index contributed by atoms with van der Waals surface area (Å²) in [5, 5.41) is 5.51. The molecule has 4 rings (SSSR count). The molecule has 3 aromatic rings. The predicted molar refractivity (Wildman–Crippen MR) is 129 cm³/mol. The fraction of sp³-hybridized carbons (Fsp3) is 0.417. The molecule has 4 heterocycles. The largest absolute Gasteiger partial charge is 0.457 e. The molecule has 0 aromatic carbocycles. The van der Waals surface area contributed by atoms with Crippen molar-refractivity contribution in [2.45, 2.75) is 44.9 Å². The van der Waals surface area contributed by atoms with Gasteiger partial charge in [-0.15, -0.1) is 0 Å². The maximum atomic E-state index is 14.8. The van der Waals surface area contributed by atoms with Crippen LogP contribution in [0.2, 0.25) is 0 Å². The van der Waals surface area contributed by atoms with Gasteiger partial charge in [0, 0.05) is 44.3 Å². The Morgan fingerprint density at radius 2 is 2.06 bits per heavy atom. The number of hydrogen-bond acceptors (Lipinski definition) is 9. The van der Waals surface area contributed by atoms with E-state index in [1.54, 1.807) is 11.0 Å². The molecule has 0 bridgehead atoms. The Labute approximate surface area is 207 Å². The molecule has 12 heteroatoms. The summed E-state index contributed by atoms with van der Waals surface area (Å²) in [6.45, 7) is 3.01. The number of unbranched alkanes of at least 4 members (excludes halogenated alkanes) is 2. The topological polar surface area (TPSA) is 135 Å². The first-order chi connectivity index (χ1) is 17.5. The van der Waals surface area contributed by atoms with E-state index < -0.39 is 18.2 Å². The molecule has 2 atom stereocenters. The van der Waals surface area contributed by atoms with E-state index in [-0.39, 0.29) is 35.7 Å². The number of piperidine rings is 1. The number of rotatable bonds is 10. The zero-order valence-corrected chi connectivity index (χ0v) is 19.9. The third-order valence-corrected chi connectivity index (χ3v) is 5.66. The van der Waals surface area contributed by atoms with Crippen LogP contribution in [0.25, 0.3) is 0 Å². The second-order valence-corrected chi connectivity index (χ2v) is 8.29. The molecule has 0 radical (unpaired) electrons. The van der Waals surface area contributed by atoms with Crippen LogP contribution in [0.1, 0.15) is 53.5 Å². The van der Waals surface area contributed by atoms with Crippen LogP contribution in [0.5, 0.6) is 6.01 Å². The molecular weight excluding hydrogens is 469 g/mol. The smallest absolute Gasteiger partial charge is 0.316 e. The van der Waals surface area contributed by atoms with Crippen LogP contribution >= 0.6 is 0 Å². The third kappa shape index (κ3) is 6.32. The van der Waals surface area contributed by atoms with E-state index in [1.165, 1.54) is 37.1 Å². The standard InChI is InChI=1S/C24H28FN7O4/c1-2-3-4-8-27-21(33)16-13-26-11-6-18(16)30-22(34)19-15-35-24(31-19)32-12-7-20(17(25)14-32)36-23-28-9-5-10-29-23/h5-6,9-11,13,15,17,20H,2-4,7-8,12,14H2,1H3,(H,27,33)(H,26,30,34)/t17-,20+/m0/s1. The number of amides is 2. The Bertz CT molecular complexity index is 1160. The van der Waals surface area contributed by atoms with Crippen LogP contribution in [0.15, 0.2) is 47.6 Å². The van der Waals surface area contributed by atoms with Crippen molar-refractivity contribution in [1.29, 1.82) is 0 Å². The fourth-order valence-corrected chi connectivity index (χ4v) is 3.73. The minimum absolute atomic E-state index is 0.00239. The van der Waals surface area contributed by atoms with Crippen LogP contribution in [-0.2, 0) is 0 Å². The number of pyridine rings is 1. The summed E-state index contributed by atoms with van der Waals surface area (Å²) in [6.07, 6.45) is 8.39. The molecule has 0 spiro atoms. The maximum absolute atomic E-state index is 14.8. The van der Waals surface area contributed by atoms with E-state index in [0.29, 0.717) is 25.2 Å². The Morgan fingerprint density at radius 1 is 1.22 bits per heavy atom. The monoisotopic (exact) mass is 497 g/mol. The molecule has 2 N–H and O–H groups in total. The highest BCUT2D eigenvalue weighted by molar-refractivity contribution is 6.08. The van der Waals surface area contributed by atoms with Gasteiger partial charge in [0.1, 0.15) is 12.4 Å². The first-order valence-corrected chi connectivity index (χ1v) is 11.9. The lowest BCUT2D eigenvalue weighted by molar-refractivity contribution is 0.0723. The Kier molecular flexibility index (Phi) is 8.37. The number of halogens is 1. The average Bonchev–Trinajstić information content (AvgIpc) is 3.39. The number of ether oxygens (including phenoxy) is 1. The number of nitrogens with one attached hydrogen (secondary N) is 2. The minimum Gasteiger partial charge on any atom is -0.457 e. The molecule has 36 heavy (non-hydrogen) atoms. The minimum atomic E-state index is -1.33. The molecular formula is C24H28FN7O4. The second-order valence-electron chi connectivity index (χ2n) is 8.29. The summed E-state index contributed by atoms with van der Waals surface area (Å²) in [7, 11) is 0. The number of carbonyl (C=O) groups is 2. The van der Waals surface area contributed by atoms with E-state index in [0.717, 1.165) is 19.3 Å². The van der Waals surface area contributed by atoms with Gasteiger partial charge in [0.25, 0.3) is 17.8 Å². The molecule has 1 aliphatic heterocycles. The van der Waals surface area contributed by atoms with Crippen molar-refractivity contribution >= 4 is 23.5 Å². The lowest BCUT2D eigenvalue weighted by Gasteiger charge is -2.33. The Morgan fingerprint density at radius 3 is 2.83 bits per heavy atom. The zero-order valence-electron chi connectivity index (χ0n) is 19.9. The van der Waals surface area contributed by atoms with E-state index in [4.69, 9.17) is 9.15 Å². The quantitative estimate of drug-likeness (QED) is 0.405. The SMILES string of the molecule is CCCCCNC(=O)c1cnccc1NC(=O)c1coc(N2CC[C@@H](Oc3ncccn3)[C@@H](F)C2)n1. The number of hydrogen-bond donors (Lipinski definition) is 2. The van der Waals surface area contributed by atoms with Crippen LogP contribution in [-0.4, -0.2) is 63.7 Å². The molecule has 3 aromatic heterocycles. The summed E-state index contributed by atoms with van der Waals surface area (Å²) in [5.41, 5.74) is 0.552. The molecule has 1 saturated heterocycles. The summed E-state index contributed by atoms with van der Waals surface area (Å²) >= 11 is 0.